The van der Waals surface area contributed by atoms with Gasteiger partial charge in [0.1, 0.15) is 16.7 Å². The molecule has 2 amide bonds. The molecule has 3 rings (SSSR count). The lowest BCUT2D eigenvalue weighted by Gasteiger charge is -2.18. The number of hydrogen-bond donors (Lipinski definition) is 1. The Morgan fingerprint density at radius 2 is 1.85 bits per heavy atom. The second-order valence-electron chi connectivity index (χ2n) is 5.60. The van der Waals surface area contributed by atoms with E-state index in [1.165, 1.54) is 16.7 Å². The van der Waals surface area contributed by atoms with Gasteiger partial charge in [0, 0.05) is 10.7 Å². The first-order chi connectivity index (χ1) is 12.5. The van der Waals surface area contributed by atoms with Gasteiger partial charge < -0.3 is 5.73 Å². The standard InChI is InChI=1S/C19H14ClN3O2S/c20-13-6-8-14(9-7-13)23-18(25)16(10-12-4-2-1-3-5-12)26-19(23)15(11-21)17(22)24/h1-9,16H,10H2,(H2,22,24)/b19-15-. The summed E-state index contributed by atoms with van der Waals surface area (Å²) in [6.45, 7) is 0. The number of amides is 2. The Balaban J connectivity index is 2.03. The van der Waals surface area contributed by atoms with Crippen molar-refractivity contribution < 1.29 is 9.59 Å². The van der Waals surface area contributed by atoms with Gasteiger partial charge in [-0.05, 0) is 36.2 Å². The molecule has 0 aromatic heterocycles. The highest BCUT2D eigenvalue weighted by Gasteiger charge is 2.40. The number of nitriles is 1. The van der Waals surface area contributed by atoms with E-state index in [2.05, 4.69) is 0 Å². The predicted octanol–water partition coefficient (Wildman–Crippen LogP) is 3.25. The lowest BCUT2D eigenvalue weighted by atomic mass is 10.1. The molecule has 1 aliphatic heterocycles. The minimum atomic E-state index is -0.859. The van der Waals surface area contributed by atoms with E-state index in [4.69, 9.17) is 17.3 Å². The van der Waals surface area contributed by atoms with Crippen LogP contribution in [0.1, 0.15) is 5.56 Å². The minimum Gasteiger partial charge on any atom is -0.365 e. The van der Waals surface area contributed by atoms with E-state index in [1.54, 1.807) is 24.3 Å². The van der Waals surface area contributed by atoms with Crippen LogP contribution in [0.5, 0.6) is 0 Å². The highest BCUT2D eigenvalue weighted by Crippen LogP contribution is 2.41. The molecule has 1 unspecified atom stereocenters. The van der Waals surface area contributed by atoms with Crippen molar-refractivity contribution in [3.63, 3.8) is 0 Å². The maximum atomic E-state index is 13.0. The van der Waals surface area contributed by atoms with Crippen LogP contribution in [-0.4, -0.2) is 17.1 Å². The molecule has 7 heteroatoms. The number of carbonyl (C=O) groups is 2. The van der Waals surface area contributed by atoms with Gasteiger partial charge in [0.15, 0.2) is 0 Å². The normalized spacial score (nSPS) is 18.5. The van der Waals surface area contributed by atoms with Crippen LogP contribution in [0, 0.1) is 11.3 Å². The van der Waals surface area contributed by atoms with Gasteiger partial charge in [0.25, 0.3) is 5.91 Å². The fraction of sp³-hybridized carbons (Fsp3) is 0.105. The third-order valence-electron chi connectivity index (χ3n) is 3.87. The van der Waals surface area contributed by atoms with Gasteiger partial charge >= 0.3 is 0 Å². The van der Waals surface area contributed by atoms with Gasteiger partial charge in [0.05, 0.1) is 5.25 Å². The Kier molecular flexibility index (Phi) is 5.31. The zero-order valence-corrected chi connectivity index (χ0v) is 15.1. The fourth-order valence-electron chi connectivity index (χ4n) is 2.65. The monoisotopic (exact) mass is 383 g/mol. The molecule has 0 spiro atoms. The van der Waals surface area contributed by atoms with Crippen molar-refractivity contribution in [2.24, 2.45) is 5.73 Å². The quantitative estimate of drug-likeness (QED) is 0.648. The minimum absolute atomic E-state index is 0.204. The number of benzene rings is 2. The number of halogens is 1. The van der Waals surface area contributed by atoms with Gasteiger partial charge in [-0.15, -0.1) is 0 Å². The number of rotatable bonds is 4. The van der Waals surface area contributed by atoms with Crippen LogP contribution < -0.4 is 10.6 Å². The number of nitrogens with two attached hydrogens (primary N) is 1. The first-order valence-corrected chi connectivity index (χ1v) is 9.01. The van der Waals surface area contributed by atoms with Crippen LogP contribution in [0.15, 0.2) is 65.2 Å². The van der Waals surface area contributed by atoms with Crippen molar-refractivity contribution in [3.05, 3.63) is 75.8 Å². The molecule has 2 aromatic rings. The summed E-state index contributed by atoms with van der Waals surface area (Å²) in [4.78, 5) is 26.1. The van der Waals surface area contributed by atoms with Gasteiger partial charge in [-0.2, -0.15) is 5.26 Å². The number of hydrogen-bond acceptors (Lipinski definition) is 4. The molecule has 0 radical (unpaired) electrons. The maximum Gasteiger partial charge on any atom is 0.262 e. The highest BCUT2D eigenvalue weighted by atomic mass is 35.5. The summed E-state index contributed by atoms with van der Waals surface area (Å²) in [6, 6.07) is 18.0. The molecular formula is C19H14ClN3O2S. The number of carbonyl (C=O) groups excluding carboxylic acids is 2. The summed E-state index contributed by atoms with van der Waals surface area (Å²) in [7, 11) is 0. The SMILES string of the molecule is N#C/C(C(N)=O)=C1/SC(Cc2ccccc2)C(=O)N1c1ccc(Cl)cc1. The number of primary amides is 1. The molecule has 0 saturated carbocycles. The molecule has 5 nitrogen and oxygen atoms in total. The van der Waals surface area contributed by atoms with Crippen LogP contribution in [-0.2, 0) is 16.0 Å². The summed E-state index contributed by atoms with van der Waals surface area (Å²) in [5.41, 5.74) is 6.64. The van der Waals surface area contributed by atoms with Crippen LogP contribution in [0.25, 0.3) is 0 Å². The number of nitrogens with zero attached hydrogens (tertiary/aromatic N) is 2. The highest BCUT2D eigenvalue weighted by molar-refractivity contribution is 8.05. The summed E-state index contributed by atoms with van der Waals surface area (Å²) in [5, 5.41) is 9.67. The van der Waals surface area contributed by atoms with E-state index in [0.29, 0.717) is 17.1 Å². The summed E-state index contributed by atoms with van der Waals surface area (Å²) in [5.74, 6) is -1.06. The molecule has 26 heavy (non-hydrogen) atoms. The molecule has 2 aromatic carbocycles. The van der Waals surface area contributed by atoms with Crippen LogP contribution in [0.3, 0.4) is 0 Å². The zero-order valence-electron chi connectivity index (χ0n) is 13.6. The third kappa shape index (κ3) is 3.59. The Bertz CT molecular complexity index is 920. The van der Waals surface area contributed by atoms with Crippen LogP contribution in [0.4, 0.5) is 5.69 Å². The van der Waals surface area contributed by atoms with Crippen LogP contribution in [0.2, 0.25) is 5.02 Å². The van der Waals surface area contributed by atoms with Gasteiger partial charge in [0.2, 0.25) is 5.91 Å². The predicted molar refractivity (Wildman–Crippen MR) is 102 cm³/mol. The fourth-order valence-corrected chi connectivity index (χ4v) is 4.10. The first kappa shape index (κ1) is 18.1. The Morgan fingerprint density at radius 1 is 1.19 bits per heavy atom. The third-order valence-corrected chi connectivity index (χ3v) is 5.39. The Morgan fingerprint density at radius 3 is 2.42 bits per heavy atom. The number of thioether (sulfide) groups is 1. The van der Waals surface area contributed by atoms with Crippen molar-refractivity contribution in [3.8, 4) is 6.07 Å². The Labute approximate surface area is 160 Å². The Hall–Kier alpha value is -2.75. The van der Waals surface area contributed by atoms with Gasteiger partial charge in [-0.3, -0.25) is 14.5 Å². The second kappa shape index (κ2) is 7.65. The molecule has 0 aliphatic carbocycles. The van der Waals surface area contributed by atoms with Gasteiger partial charge in [-0.1, -0.05) is 53.7 Å². The van der Waals surface area contributed by atoms with Crippen molar-refractivity contribution in [1.82, 2.24) is 0 Å². The molecule has 1 saturated heterocycles. The summed E-state index contributed by atoms with van der Waals surface area (Å²) < 4.78 is 0. The molecule has 0 bridgehead atoms. The second-order valence-corrected chi connectivity index (χ2v) is 7.23. The smallest absolute Gasteiger partial charge is 0.262 e. The first-order valence-electron chi connectivity index (χ1n) is 7.75. The summed E-state index contributed by atoms with van der Waals surface area (Å²) >= 11 is 7.10. The molecule has 130 valence electrons. The average Bonchev–Trinajstić information content (AvgIpc) is 2.93. The number of anilines is 1. The molecule has 1 aliphatic rings. The van der Waals surface area contributed by atoms with Crippen molar-refractivity contribution in [2.75, 3.05) is 4.90 Å². The molecule has 1 atom stereocenters. The van der Waals surface area contributed by atoms with Crippen LogP contribution >= 0.6 is 23.4 Å². The molecule has 1 fully saturated rings. The average molecular weight is 384 g/mol. The van der Waals surface area contributed by atoms with E-state index >= 15 is 0 Å². The van der Waals surface area contributed by atoms with Crippen molar-refractivity contribution in [1.29, 1.82) is 5.26 Å². The molecule has 2 N–H and O–H groups in total. The summed E-state index contributed by atoms with van der Waals surface area (Å²) in [6.07, 6.45) is 0.482. The lowest BCUT2D eigenvalue weighted by Crippen LogP contribution is -2.31. The maximum absolute atomic E-state index is 13.0. The van der Waals surface area contributed by atoms with E-state index in [1.807, 2.05) is 36.4 Å². The van der Waals surface area contributed by atoms with Crippen molar-refractivity contribution >= 4 is 40.9 Å². The topological polar surface area (TPSA) is 87.2 Å². The van der Waals surface area contributed by atoms with E-state index in [0.717, 1.165) is 5.56 Å². The largest absolute Gasteiger partial charge is 0.365 e. The molecule has 1 heterocycles. The lowest BCUT2D eigenvalue weighted by molar-refractivity contribution is -0.117. The van der Waals surface area contributed by atoms with Crippen molar-refractivity contribution in [2.45, 2.75) is 11.7 Å². The van der Waals surface area contributed by atoms with E-state index in [-0.39, 0.29) is 16.5 Å². The molecular weight excluding hydrogens is 370 g/mol. The zero-order chi connectivity index (χ0) is 18.7. The van der Waals surface area contributed by atoms with Gasteiger partial charge in [-0.25, -0.2) is 0 Å². The van der Waals surface area contributed by atoms with E-state index in [9.17, 15) is 14.9 Å². The van der Waals surface area contributed by atoms with E-state index < -0.39 is 11.2 Å².